The lowest BCUT2D eigenvalue weighted by Gasteiger charge is -2.48. The second kappa shape index (κ2) is 16.4. The van der Waals surface area contributed by atoms with Crippen LogP contribution in [-0.4, -0.2) is 77.8 Å². The summed E-state index contributed by atoms with van der Waals surface area (Å²) in [7, 11) is 1.62. The Bertz CT molecular complexity index is 1640. The van der Waals surface area contributed by atoms with Gasteiger partial charge in [-0.25, -0.2) is 0 Å². The molecule has 3 atom stereocenters. The number of aromatic hydroxyl groups is 1. The van der Waals surface area contributed by atoms with Crippen molar-refractivity contribution in [2.45, 2.75) is 121 Å². The van der Waals surface area contributed by atoms with Crippen LogP contribution in [0.1, 0.15) is 105 Å². The Morgan fingerprint density at radius 2 is 1.57 bits per heavy atom. The van der Waals surface area contributed by atoms with Crippen molar-refractivity contribution in [3.05, 3.63) is 92.5 Å². The molecule has 0 radical (unpaired) electrons. The average Bonchev–Trinajstić information content (AvgIpc) is 3.51. The highest BCUT2D eigenvalue weighted by Gasteiger charge is 2.44. The number of benzene rings is 3. The number of likely N-dealkylation sites (tertiary alicyclic amines) is 1. The van der Waals surface area contributed by atoms with Crippen molar-refractivity contribution >= 4 is 23.2 Å². The smallest absolute Gasteiger partial charge is 0.160 e. The minimum Gasteiger partial charge on any atom is -0.504 e. The predicted molar refractivity (Wildman–Crippen MR) is 208 cm³/mol. The van der Waals surface area contributed by atoms with Crippen molar-refractivity contribution in [2.75, 3.05) is 39.8 Å². The molecule has 3 aliphatic heterocycles. The molecule has 6 nitrogen and oxygen atoms in total. The zero-order chi connectivity index (χ0) is 35.5. The number of halogens is 2. The van der Waals surface area contributed by atoms with Crippen LogP contribution >= 0.6 is 23.2 Å². The van der Waals surface area contributed by atoms with Gasteiger partial charge in [0.1, 0.15) is 0 Å². The van der Waals surface area contributed by atoms with Crippen LogP contribution in [0.15, 0.2) is 54.6 Å². The Hall–Kier alpha value is -2.32. The molecule has 0 amide bonds. The first kappa shape index (κ1) is 37.0. The number of aryl methyl sites for hydroxylation is 2. The molecule has 276 valence electrons. The van der Waals surface area contributed by atoms with Gasteiger partial charge in [-0.15, -0.1) is 0 Å². The highest BCUT2D eigenvalue weighted by molar-refractivity contribution is 6.42. The zero-order valence-electron chi connectivity index (χ0n) is 30.9. The van der Waals surface area contributed by atoms with Gasteiger partial charge in [0.25, 0.3) is 0 Å². The third kappa shape index (κ3) is 8.27. The van der Waals surface area contributed by atoms with Crippen molar-refractivity contribution in [1.29, 1.82) is 0 Å². The minimum absolute atomic E-state index is 0.183. The lowest BCUT2D eigenvalue weighted by atomic mass is 9.81. The Balaban J connectivity index is 1.05. The summed E-state index contributed by atoms with van der Waals surface area (Å²) in [5.74, 6) is 0.753. The Labute approximate surface area is 316 Å². The average molecular weight is 735 g/mol. The first-order valence-corrected chi connectivity index (χ1v) is 20.3. The van der Waals surface area contributed by atoms with Crippen molar-refractivity contribution in [3.8, 4) is 11.5 Å². The van der Waals surface area contributed by atoms with Gasteiger partial charge in [-0.05, 0) is 117 Å². The maximum absolute atomic E-state index is 10.1. The van der Waals surface area contributed by atoms with Gasteiger partial charge in [0.2, 0.25) is 0 Å². The van der Waals surface area contributed by atoms with Gasteiger partial charge in [0, 0.05) is 56.9 Å². The van der Waals surface area contributed by atoms with Crippen LogP contribution in [0.25, 0.3) is 0 Å². The number of nitrogens with zero attached hydrogens (tertiary/aromatic N) is 3. The molecule has 8 heteroatoms. The largest absolute Gasteiger partial charge is 0.504 e. The number of phenols is 1. The molecule has 51 heavy (non-hydrogen) atoms. The molecule has 3 aromatic carbocycles. The summed E-state index contributed by atoms with van der Waals surface area (Å²) in [5.41, 5.74) is 6.55. The molecule has 3 unspecified atom stereocenters. The molecule has 2 saturated heterocycles. The first-order chi connectivity index (χ1) is 24.7. The number of hydrogen-bond acceptors (Lipinski definition) is 6. The third-order valence-electron chi connectivity index (χ3n) is 12.8. The fourth-order valence-electron chi connectivity index (χ4n) is 9.48. The molecule has 1 N–H and O–H groups in total. The third-order valence-corrected chi connectivity index (χ3v) is 13.5. The number of fused-ring (bicyclic) bond motifs is 2. The van der Waals surface area contributed by atoms with Crippen molar-refractivity contribution in [3.63, 3.8) is 0 Å². The fourth-order valence-corrected chi connectivity index (χ4v) is 9.80. The highest BCUT2D eigenvalue weighted by atomic mass is 35.5. The van der Waals surface area contributed by atoms with Crippen LogP contribution < -0.4 is 4.74 Å². The fraction of sp³-hybridized carbons (Fsp3) is 0.581. The molecule has 4 aliphatic rings. The molecule has 3 fully saturated rings. The molecule has 3 aromatic rings. The van der Waals surface area contributed by atoms with E-state index >= 15 is 0 Å². The topological polar surface area (TPSA) is 48.4 Å². The van der Waals surface area contributed by atoms with E-state index in [-0.39, 0.29) is 11.4 Å². The predicted octanol–water partition coefficient (Wildman–Crippen LogP) is 9.56. The van der Waals surface area contributed by atoms with Gasteiger partial charge in [0.05, 0.1) is 29.4 Å². The zero-order valence-corrected chi connectivity index (χ0v) is 32.4. The van der Waals surface area contributed by atoms with Crippen molar-refractivity contribution < 1.29 is 14.6 Å². The standard InChI is InChI=1S/C43H57Cl2N3O3/c1-30(9-11-32-13-17-38(44)39(45)25-32)46-21-19-43(20-22-46)37-27-34(15-16-35(37)29-51-43)40-28-47(36-7-5-4-6-8-36)23-24-48(40)31(2)10-12-33-14-18-41(49)42(26-33)50-3/h13-18,25-27,30-31,36,40,49H,4-12,19-24,28-29H2,1-3H3. The van der Waals surface area contributed by atoms with E-state index in [1.807, 2.05) is 24.3 Å². The quantitative estimate of drug-likeness (QED) is 0.212. The van der Waals surface area contributed by atoms with E-state index in [4.69, 9.17) is 32.7 Å². The lowest BCUT2D eigenvalue weighted by molar-refractivity contribution is -0.0838. The van der Waals surface area contributed by atoms with Crippen molar-refractivity contribution in [1.82, 2.24) is 14.7 Å². The van der Waals surface area contributed by atoms with E-state index in [0.717, 1.165) is 83.9 Å². The van der Waals surface area contributed by atoms with E-state index < -0.39 is 0 Å². The summed E-state index contributed by atoms with van der Waals surface area (Å²) < 4.78 is 12.2. The molecule has 0 bridgehead atoms. The molecule has 0 aromatic heterocycles. The Morgan fingerprint density at radius 1 is 0.843 bits per heavy atom. The number of rotatable bonds is 11. The summed E-state index contributed by atoms with van der Waals surface area (Å²) >= 11 is 12.4. The van der Waals surface area contributed by atoms with E-state index in [0.29, 0.717) is 33.9 Å². The van der Waals surface area contributed by atoms with Crippen LogP contribution in [0.2, 0.25) is 10.0 Å². The number of ether oxygens (including phenoxy) is 2. The number of piperidine rings is 1. The monoisotopic (exact) mass is 733 g/mol. The van der Waals surface area contributed by atoms with Crippen LogP contribution in [0.3, 0.4) is 0 Å². The molecule has 1 spiro atoms. The molecular weight excluding hydrogens is 677 g/mol. The van der Waals surface area contributed by atoms with Crippen molar-refractivity contribution in [2.24, 2.45) is 0 Å². The molecular formula is C43H57Cl2N3O3. The van der Waals surface area contributed by atoms with E-state index in [9.17, 15) is 5.11 Å². The van der Waals surface area contributed by atoms with Crippen LogP contribution in [0, 0.1) is 0 Å². The van der Waals surface area contributed by atoms with Gasteiger partial charge < -0.3 is 19.5 Å². The summed E-state index contributed by atoms with van der Waals surface area (Å²) in [6.07, 6.45) is 13.0. The Morgan fingerprint density at radius 3 is 2.31 bits per heavy atom. The van der Waals surface area contributed by atoms with Gasteiger partial charge in [-0.1, -0.05) is 72.8 Å². The van der Waals surface area contributed by atoms with Crippen LogP contribution in [0.4, 0.5) is 0 Å². The normalized spacial score (nSPS) is 23.0. The summed E-state index contributed by atoms with van der Waals surface area (Å²) in [6.45, 7) is 10.9. The minimum atomic E-state index is -0.183. The van der Waals surface area contributed by atoms with E-state index in [1.54, 1.807) is 13.2 Å². The maximum Gasteiger partial charge on any atom is 0.160 e. The van der Waals surface area contributed by atoms with Gasteiger partial charge in [-0.2, -0.15) is 0 Å². The van der Waals surface area contributed by atoms with Gasteiger partial charge in [-0.3, -0.25) is 9.80 Å². The maximum atomic E-state index is 10.1. The first-order valence-electron chi connectivity index (χ1n) is 19.5. The van der Waals surface area contributed by atoms with Gasteiger partial charge >= 0.3 is 0 Å². The Kier molecular flexibility index (Phi) is 11.9. The molecule has 3 heterocycles. The van der Waals surface area contributed by atoms with Crippen LogP contribution in [-0.2, 0) is 29.8 Å². The molecule has 7 rings (SSSR count). The SMILES string of the molecule is COc1cc(CCC(C)N2CCN(C3CCCCC3)CC2c2ccc3c(c2)C2(CCN(C(C)CCc4ccc(Cl)c(Cl)c4)CC2)OC3)ccc1O. The number of hydrogen-bond donors (Lipinski definition) is 1. The number of phenolic OH excluding ortho intramolecular Hbond substituents is 1. The number of methoxy groups -OCH3 is 1. The summed E-state index contributed by atoms with van der Waals surface area (Å²) in [6, 6.07) is 21.2. The molecule has 1 aliphatic carbocycles. The second-order valence-electron chi connectivity index (χ2n) is 15.8. The lowest BCUT2D eigenvalue weighted by Crippen LogP contribution is -2.54. The molecule has 1 saturated carbocycles. The summed E-state index contributed by atoms with van der Waals surface area (Å²) in [4.78, 5) is 8.28. The highest BCUT2D eigenvalue weighted by Crippen LogP contribution is 2.46. The second-order valence-corrected chi connectivity index (χ2v) is 16.6. The van der Waals surface area contributed by atoms with E-state index in [2.05, 4.69) is 52.8 Å². The van der Waals surface area contributed by atoms with Crippen LogP contribution in [0.5, 0.6) is 11.5 Å². The number of piperazine rings is 1. The summed E-state index contributed by atoms with van der Waals surface area (Å²) in [5, 5.41) is 11.4. The van der Waals surface area contributed by atoms with Gasteiger partial charge in [0.15, 0.2) is 11.5 Å². The van der Waals surface area contributed by atoms with E-state index in [1.165, 1.54) is 59.9 Å².